The molecule has 0 bridgehead atoms. The molecule has 0 fully saturated rings. The summed E-state index contributed by atoms with van der Waals surface area (Å²) in [5.74, 6) is -1.69. The van der Waals surface area contributed by atoms with Crippen molar-refractivity contribution in [3.63, 3.8) is 0 Å². The summed E-state index contributed by atoms with van der Waals surface area (Å²) < 4.78 is 5.50. The SMILES string of the molecule is CCCCOC(=O)C1C(C)=NC2=C(C(=O)CC(C)(C)C2)[C@H]1c1ccc([N+](=O)[O-])cc1. The molecular formula is C23H28N2O5. The van der Waals surface area contributed by atoms with E-state index in [0.29, 0.717) is 36.3 Å². The van der Waals surface area contributed by atoms with Crippen LogP contribution in [-0.2, 0) is 14.3 Å². The van der Waals surface area contributed by atoms with Crippen LogP contribution >= 0.6 is 0 Å². The number of allylic oxidation sites excluding steroid dienone is 2. The molecule has 1 aromatic rings. The molecule has 1 aliphatic heterocycles. The highest BCUT2D eigenvalue weighted by Crippen LogP contribution is 2.48. The van der Waals surface area contributed by atoms with E-state index in [9.17, 15) is 19.7 Å². The number of aliphatic imine (C=N–C) groups is 1. The maximum Gasteiger partial charge on any atom is 0.315 e. The number of carbonyl (C=O) groups excluding carboxylic acids is 2. The molecule has 0 saturated carbocycles. The number of nitro groups is 1. The fourth-order valence-electron chi connectivity index (χ4n) is 4.32. The second kappa shape index (κ2) is 8.50. The monoisotopic (exact) mass is 412 g/mol. The van der Waals surface area contributed by atoms with Crippen LogP contribution in [0.25, 0.3) is 0 Å². The summed E-state index contributed by atoms with van der Waals surface area (Å²) in [6, 6.07) is 6.08. The van der Waals surface area contributed by atoms with E-state index < -0.39 is 22.7 Å². The van der Waals surface area contributed by atoms with E-state index in [2.05, 4.69) is 4.99 Å². The molecule has 1 unspecified atom stereocenters. The molecule has 1 aromatic carbocycles. The summed E-state index contributed by atoms with van der Waals surface area (Å²) in [7, 11) is 0. The predicted molar refractivity (Wildman–Crippen MR) is 113 cm³/mol. The third-order valence-electron chi connectivity index (χ3n) is 5.76. The van der Waals surface area contributed by atoms with Crippen molar-refractivity contribution in [2.75, 3.05) is 6.61 Å². The molecule has 1 aliphatic carbocycles. The van der Waals surface area contributed by atoms with Crippen LogP contribution in [0.4, 0.5) is 5.69 Å². The molecular weight excluding hydrogens is 384 g/mol. The topological polar surface area (TPSA) is 98.9 Å². The van der Waals surface area contributed by atoms with Crippen LogP contribution in [0.1, 0.15) is 64.9 Å². The highest BCUT2D eigenvalue weighted by Gasteiger charge is 2.46. The van der Waals surface area contributed by atoms with E-state index in [1.54, 1.807) is 19.1 Å². The Kier molecular flexibility index (Phi) is 6.19. The number of rotatable bonds is 6. The largest absolute Gasteiger partial charge is 0.465 e. The number of hydrogen-bond donors (Lipinski definition) is 0. The maximum absolute atomic E-state index is 13.2. The van der Waals surface area contributed by atoms with Crippen molar-refractivity contribution < 1.29 is 19.2 Å². The van der Waals surface area contributed by atoms with Gasteiger partial charge in [-0.05, 0) is 30.7 Å². The zero-order chi connectivity index (χ0) is 22.1. The highest BCUT2D eigenvalue weighted by atomic mass is 16.6. The Morgan fingerprint density at radius 3 is 2.53 bits per heavy atom. The Labute approximate surface area is 176 Å². The zero-order valence-electron chi connectivity index (χ0n) is 17.9. The third-order valence-corrected chi connectivity index (χ3v) is 5.76. The number of non-ortho nitro benzene ring substituents is 1. The number of esters is 1. The van der Waals surface area contributed by atoms with Gasteiger partial charge in [-0.15, -0.1) is 0 Å². The number of ketones is 1. The normalized spacial score (nSPS) is 22.9. The van der Waals surface area contributed by atoms with Crippen molar-refractivity contribution in [3.8, 4) is 0 Å². The number of Topliss-reactive ketones (excluding diaryl/α,β-unsaturated/α-hetero) is 1. The molecule has 2 atom stereocenters. The summed E-state index contributed by atoms with van der Waals surface area (Å²) in [5, 5.41) is 11.1. The highest BCUT2D eigenvalue weighted by molar-refractivity contribution is 6.09. The van der Waals surface area contributed by atoms with Gasteiger partial charge in [0.15, 0.2) is 5.78 Å². The number of carbonyl (C=O) groups is 2. The van der Waals surface area contributed by atoms with E-state index in [-0.39, 0.29) is 16.9 Å². The lowest BCUT2D eigenvalue weighted by Gasteiger charge is -2.39. The van der Waals surface area contributed by atoms with Crippen molar-refractivity contribution in [1.29, 1.82) is 0 Å². The average Bonchev–Trinajstić information content (AvgIpc) is 2.66. The van der Waals surface area contributed by atoms with Crippen molar-refractivity contribution in [2.45, 2.75) is 59.3 Å². The van der Waals surface area contributed by atoms with E-state index in [1.807, 2.05) is 20.8 Å². The average molecular weight is 412 g/mol. The van der Waals surface area contributed by atoms with Crippen LogP contribution < -0.4 is 0 Å². The molecule has 30 heavy (non-hydrogen) atoms. The quantitative estimate of drug-likeness (QED) is 0.290. The molecule has 0 saturated heterocycles. The van der Waals surface area contributed by atoms with E-state index in [0.717, 1.165) is 18.5 Å². The number of nitrogens with zero attached hydrogens (tertiary/aromatic N) is 2. The first-order chi connectivity index (χ1) is 14.1. The lowest BCUT2D eigenvalue weighted by atomic mass is 9.67. The lowest BCUT2D eigenvalue weighted by molar-refractivity contribution is -0.384. The molecule has 7 nitrogen and oxygen atoms in total. The van der Waals surface area contributed by atoms with Crippen LogP contribution in [-0.4, -0.2) is 29.0 Å². The van der Waals surface area contributed by atoms with Crippen molar-refractivity contribution in [1.82, 2.24) is 0 Å². The molecule has 0 radical (unpaired) electrons. The lowest BCUT2D eigenvalue weighted by Crippen LogP contribution is -2.39. The molecule has 0 spiro atoms. The van der Waals surface area contributed by atoms with E-state index in [1.165, 1.54) is 12.1 Å². The van der Waals surface area contributed by atoms with Gasteiger partial charge >= 0.3 is 5.97 Å². The Hall–Kier alpha value is -2.83. The van der Waals surface area contributed by atoms with Crippen LogP contribution in [0.5, 0.6) is 0 Å². The molecule has 160 valence electrons. The Morgan fingerprint density at radius 2 is 1.93 bits per heavy atom. The van der Waals surface area contributed by atoms with Crippen molar-refractivity contribution in [3.05, 3.63) is 51.2 Å². The first-order valence-corrected chi connectivity index (χ1v) is 10.4. The van der Waals surface area contributed by atoms with Gasteiger partial charge < -0.3 is 4.74 Å². The second-order valence-corrected chi connectivity index (χ2v) is 8.88. The predicted octanol–water partition coefficient (Wildman–Crippen LogP) is 4.76. The molecule has 3 rings (SSSR count). The van der Waals surface area contributed by atoms with Crippen LogP contribution in [0.3, 0.4) is 0 Å². The summed E-state index contributed by atoms with van der Waals surface area (Å²) in [6.07, 6.45) is 2.69. The summed E-state index contributed by atoms with van der Waals surface area (Å²) >= 11 is 0. The minimum Gasteiger partial charge on any atom is -0.465 e. The smallest absolute Gasteiger partial charge is 0.315 e. The fraction of sp³-hybridized carbons (Fsp3) is 0.522. The van der Waals surface area contributed by atoms with Gasteiger partial charge in [-0.2, -0.15) is 0 Å². The summed E-state index contributed by atoms with van der Waals surface area (Å²) in [5.41, 5.74) is 2.33. The van der Waals surface area contributed by atoms with E-state index in [4.69, 9.17) is 4.74 Å². The number of nitro benzene ring substituents is 1. The number of ether oxygens (including phenoxy) is 1. The van der Waals surface area contributed by atoms with Gasteiger partial charge in [0.1, 0.15) is 5.92 Å². The van der Waals surface area contributed by atoms with Gasteiger partial charge in [0.05, 0.1) is 11.5 Å². The van der Waals surface area contributed by atoms with Crippen LogP contribution in [0.2, 0.25) is 0 Å². The van der Waals surface area contributed by atoms with Crippen molar-refractivity contribution in [2.24, 2.45) is 16.3 Å². The third kappa shape index (κ3) is 4.35. The van der Waals surface area contributed by atoms with Gasteiger partial charge in [0.2, 0.25) is 0 Å². The van der Waals surface area contributed by atoms with E-state index >= 15 is 0 Å². The van der Waals surface area contributed by atoms with Crippen LogP contribution in [0, 0.1) is 21.4 Å². The molecule has 7 heteroatoms. The minimum absolute atomic E-state index is 0.0211. The van der Waals surface area contributed by atoms with Gasteiger partial charge in [0, 0.05) is 41.5 Å². The Balaban J connectivity index is 2.07. The Morgan fingerprint density at radius 1 is 1.27 bits per heavy atom. The molecule has 0 N–H and O–H groups in total. The zero-order valence-corrected chi connectivity index (χ0v) is 17.9. The molecule has 0 amide bonds. The first-order valence-electron chi connectivity index (χ1n) is 10.4. The summed E-state index contributed by atoms with van der Waals surface area (Å²) in [4.78, 5) is 41.4. The van der Waals surface area contributed by atoms with Gasteiger partial charge in [-0.1, -0.05) is 39.3 Å². The first kappa shape index (κ1) is 21.9. The molecule has 0 aromatic heterocycles. The van der Waals surface area contributed by atoms with Gasteiger partial charge in [-0.3, -0.25) is 24.7 Å². The number of benzene rings is 1. The van der Waals surface area contributed by atoms with Crippen molar-refractivity contribution >= 4 is 23.2 Å². The molecule has 2 aliphatic rings. The second-order valence-electron chi connectivity index (χ2n) is 8.88. The Bertz CT molecular complexity index is 927. The van der Waals surface area contributed by atoms with Gasteiger partial charge in [-0.25, -0.2) is 0 Å². The van der Waals surface area contributed by atoms with Crippen LogP contribution in [0.15, 0.2) is 40.5 Å². The van der Waals surface area contributed by atoms with Gasteiger partial charge in [0.25, 0.3) is 5.69 Å². The fourth-order valence-corrected chi connectivity index (χ4v) is 4.32. The maximum atomic E-state index is 13.2. The number of hydrogen-bond acceptors (Lipinski definition) is 6. The summed E-state index contributed by atoms with van der Waals surface area (Å²) in [6.45, 7) is 8.19. The minimum atomic E-state index is -0.716. The molecule has 1 heterocycles. The standard InChI is InChI=1S/C23H28N2O5/c1-5-6-11-30-22(27)19-14(2)24-17-12-23(3,4)13-18(26)21(17)20(19)15-7-9-16(10-8-15)25(28)29/h7-10,19-20H,5-6,11-13H2,1-4H3/t19?,20-/m0/s1. The number of unbranched alkanes of at least 4 members (excludes halogenated alkanes) is 1.